The van der Waals surface area contributed by atoms with Crippen LogP contribution in [0.5, 0.6) is 0 Å². The highest BCUT2D eigenvalue weighted by Gasteiger charge is 2.35. The van der Waals surface area contributed by atoms with Crippen LogP contribution in [0.3, 0.4) is 0 Å². The second kappa shape index (κ2) is 7.09. The van der Waals surface area contributed by atoms with E-state index in [1.54, 1.807) is 6.92 Å². The first kappa shape index (κ1) is 18.1. The number of carbonyl (C=O) groups is 1. The highest BCUT2D eigenvalue weighted by Crippen LogP contribution is 2.36. The van der Waals surface area contributed by atoms with Crippen molar-refractivity contribution in [1.29, 1.82) is 0 Å². The lowest BCUT2D eigenvalue weighted by Crippen LogP contribution is -2.46. The Balaban J connectivity index is 2.14. The Morgan fingerprint density at radius 1 is 1.43 bits per heavy atom. The predicted octanol–water partition coefficient (Wildman–Crippen LogP) is 4.42. The summed E-state index contributed by atoms with van der Waals surface area (Å²) in [7, 11) is 0. The minimum atomic E-state index is -4.57. The van der Waals surface area contributed by atoms with Gasteiger partial charge in [0.2, 0.25) is 5.91 Å². The summed E-state index contributed by atoms with van der Waals surface area (Å²) in [6.45, 7) is 5.39. The molecule has 1 amide bonds. The molecule has 2 unspecified atom stereocenters. The number of nitrogens with zero attached hydrogens (tertiary/aromatic N) is 1. The van der Waals surface area contributed by atoms with Gasteiger partial charge >= 0.3 is 6.18 Å². The molecular weight excluding hydrogens is 329 g/mol. The maximum absolute atomic E-state index is 13.1. The lowest BCUT2D eigenvalue weighted by molar-refractivity contribution is -0.137. The van der Waals surface area contributed by atoms with E-state index in [9.17, 15) is 18.0 Å². The van der Waals surface area contributed by atoms with E-state index in [0.29, 0.717) is 5.92 Å². The van der Waals surface area contributed by atoms with Gasteiger partial charge in [-0.25, -0.2) is 0 Å². The summed E-state index contributed by atoms with van der Waals surface area (Å²) in [5, 5.41) is 2.38. The van der Waals surface area contributed by atoms with Crippen molar-refractivity contribution in [2.45, 2.75) is 38.9 Å². The molecule has 7 heteroatoms. The SMILES string of the molecule is CC1CCCN(C(C)C(=O)Nc2ccc(Cl)cc2C(F)(F)F)C1. The van der Waals surface area contributed by atoms with Crippen LogP contribution in [0.4, 0.5) is 18.9 Å². The maximum atomic E-state index is 13.1. The van der Waals surface area contributed by atoms with Crippen LogP contribution in [0, 0.1) is 5.92 Å². The largest absolute Gasteiger partial charge is 0.418 e. The van der Waals surface area contributed by atoms with Crippen LogP contribution in [0.25, 0.3) is 0 Å². The zero-order valence-corrected chi connectivity index (χ0v) is 13.8. The first-order valence-electron chi connectivity index (χ1n) is 7.60. The average molecular weight is 349 g/mol. The van der Waals surface area contributed by atoms with Gasteiger partial charge in [0.25, 0.3) is 0 Å². The lowest BCUT2D eigenvalue weighted by atomic mass is 9.99. The Hall–Kier alpha value is -1.27. The van der Waals surface area contributed by atoms with Crippen molar-refractivity contribution in [3.05, 3.63) is 28.8 Å². The summed E-state index contributed by atoms with van der Waals surface area (Å²) in [6, 6.07) is 2.87. The van der Waals surface area contributed by atoms with Gasteiger partial charge in [-0.05, 0) is 50.4 Å². The lowest BCUT2D eigenvalue weighted by Gasteiger charge is -2.34. The third kappa shape index (κ3) is 4.61. The molecule has 0 radical (unpaired) electrons. The number of anilines is 1. The van der Waals surface area contributed by atoms with Crippen molar-refractivity contribution in [3.8, 4) is 0 Å². The second-order valence-electron chi connectivity index (χ2n) is 6.10. The average Bonchev–Trinajstić information content (AvgIpc) is 2.47. The first-order valence-corrected chi connectivity index (χ1v) is 7.98. The molecular formula is C16H20ClF3N2O. The summed E-state index contributed by atoms with van der Waals surface area (Å²) in [4.78, 5) is 14.3. The van der Waals surface area contributed by atoms with E-state index < -0.39 is 23.7 Å². The molecule has 3 nitrogen and oxygen atoms in total. The Labute approximate surface area is 138 Å². The molecule has 1 aliphatic rings. The Kier molecular flexibility index (Phi) is 5.57. The minimum absolute atomic E-state index is 0.0202. The van der Waals surface area contributed by atoms with Crippen molar-refractivity contribution in [3.63, 3.8) is 0 Å². The minimum Gasteiger partial charge on any atom is -0.324 e. The quantitative estimate of drug-likeness (QED) is 0.877. The molecule has 128 valence electrons. The highest BCUT2D eigenvalue weighted by atomic mass is 35.5. The molecule has 1 N–H and O–H groups in total. The number of amides is 1. The monoisotopic (exact) mass is 348 g/mol. The number of nitrogens with one attached hydrogen (secondary N) is 1. The van der Waals surface area contributed by atoms with Gasteiger partial charge in [0, 0.05) is 11.6 Å². The fourth-order valence-corrected chi connectivity index (χ4v) is 3.01. The van der Waals surface area contributed by atoms with Gasteiger partial charge in [0.05, 0.1) is 17.3 Å². The molecule has 0 aliphatic carbocycles. The van der Waals surface area contributed by atoms with Gasteiger partial charge in [-0.15, -0.1) is 0 Å². The smallest absolute Gasteiger partial charge is 0.324 e. The number of alkyl halides is 3. The molecule has 1 fully saturated rings. The number of rotatable bonds is 3. The highest BCUT2D eigenvalue weighted by molar-refractivity contribution is 6.30. The molecule has 1 aromatic rings. The maximum Gasteiger partial charge on any atom is 0.418 e. The van der Waals surface area contributed by atoms with Gasteiger partial charge in [-0.2, -0.15) is 13.2 Å². The summed E-state index contributed by atoms with van der Waals surface area (Å²) in [5.74, 6) is 0.0483. The van der Waals surface area contributed by atoms with Crippen LogP contribution in [0.15, 0.2) is 18.2 Å². The molecule has 1 heterocycles. The number of piperidine rings is 1. The third-order valence-corrected chi connectivity index (χ3v) is 4.40. The molecule has 0 aromatic heterocycles. The molecule has 0 saturated carbocycles. The van der Waals surface area contributed by atoms with E-state index >= 15 is 0 Å². The number of hydrogen-bond acceptors (Lipinski definition) is 2. The number of hydrogen-bond donors (Lipinski definition) is 1. The molecule has 1 aliphatic heterocycles. The number of likely N-dealkylation sites (tertiary alicyclic amines) is 1. The number of halogens is 4. The molecule has 0 bridgehead atoms. The van der Waals surface area contributed by atoms with Crippen molar-refractivity contribution >= 4 is 23.2 Å². The topological polar surface area (TPSA) is 32.3 Å². The van der Waals surface area contributed by atoms with Crippen LogP contribution in [-0.2, 0) is 11.0 Å². The fourth-order valence-electron chi connectivity index (χ4n) is 2.84. The van der Waals surface area contributed by atoms with Crippen LogP contribution in [-0.4, -0.2) is 29.9 Å². The predicted molar refractivity (Wildman–Crippen MR) is 84.5 cm³/mol. The molecule has 0 spiro atoms. The molecule has 23 heavy (non-hydrogen) atoms. The Morgan fingerprint density at radius 3 is 2.74 bits per heavy atom. The van der Waals surface area contributed by atoms with Gasteiger partial charge in [-0.1, -0.05) is 18.5 Å². The van der Waals surface area contributed by atoms with Crippen molar-refractivity contribution in [2.75, 3.05) is 18.4 Å². The van der Waals surface area contributed by atoms with Gasteiger partial charge < -0.3 is 5.32 Å². The van der Waals surface area contributed by atoms with Gasteiger partial charge in [0.15, 0.2) is 0 Å². The van der Waals surface area contributed by atoms with E-state index in [4.69, 9.17) is 11.6 Å². The first-order chi connectivity index (χ1) is 10.7. The normalized spacial score (nSPS) is 21.0. The summed E-state index contributed by atoms with van der Waals surface area (Å²) >= 11 is 5.64. The third-order valence-electron chi connectivity index (χ3n) is 4.16. The van der Waals surface area contributed by atoms with Crippen molar-refractivity contribution < 1.29 is 18.0 Å². The van der Waals surface area contributed by atoms with Crippen LogP contribution < -0.4 is 5.32 Å². The number of benzene rings is 1. The van der Waals surface area contributed by atoms with E-state index in [-0.39, 0.29) is 10.7 Å². The van der Waals surface area contributed by atoms with E-state index in [1.165, 1.54) is 12.1 Å². The second-order valence-corrected chi connectivity index (χ2v) is 6.53. The summed E-state index contributed by atoms with van der Waals surface area (Å²) in [6.07, 6.45) is -2.47. The standard InChI is InChI=1S/C16H20ClF3N2O/c1-10-4-3-7-22(9-10)11(2)15(23)21-14-6-5-12(17)8-13(14)16(18,19)20/h5-6,8,10-11H,3-4,7,9H2,1-2H3,(H,21,23). The van der Waals surface area contributed by atoms with E-state index in [1.807, 2.05) is 4.90 Å². The zero-order chi connectivity index (χ0) is 17.2. The molecule has 1 aromatic carbocycles. The number of carbonyl (C=O) groups excluding carboxylic acids is 1. The van der Waals surface area contributed by atoms with E-state index in [2.05, 4.69) is 12.2 Å². The summed E-state index contributed by atoms with van der Waals surface area (Å²) < 4.78 is 39.2. The Bertz CT molecular complexity index is 577. The van der Waals surface area contributed by atoms with Gasteiger partial charge in [0.1, 0.15) is 0 Å². The molecule has 1 saturated heterocycles. The van der Waals surface area contributed by atoms with Gasteiger partial charge in [-0.3, -0.25) is 9.69 Å². The van der Waals surface area contributed by atoms with E-state index in [0.717, 1.165) is 32.0 Å². The molecule has 2 atom stereocenters. The summed E-state index contributed by atoms with van der Waals surface area (Å²) in [5.41, 5.74) is -1.19. The van der Waals surface area contributed by atoms with Crippen molar-refractivity contribution in [1.82, 2.24) is 4.90 Å². The molecule has 2 rings (SSSR count). The van der Waals surface area contributed by atoms with Crippen LogP contribution in [0.1, 0.15) is 32.3 Å². The fraction of sp³-hybridized carbons (Fsp3) is 0.562. The Morgan fingerprint density at radius 2 is 2.13 bits per heavy atom. The van der Waals surface area contributed by atoms with Crippen LogP contribution in [0.2, 0.25) is 5.02 Å². The van der Waals surface area contributed by atoms with Crippen molar-refractivity contribution in [2.24, 2.45) is 5.92 Å². The van der Waals surface area contributed by atoms with Crippen LogP contribution >= 0.6 is 11.6 Å². The zero-order valence-electron chi connectivity index (χ0n) is 13.1.